The molecule has 3 aromatic rings. The van der Waals surface area contributed by atoms with Crippen LogP contribution in [0.15, 0.2) is 42.7 Å². The molecule has 0 amide bonds. The van der Waals surface area contributed by atoms with Crippen LogP contribution in [0.3, 0.4) is 0 Å². The van der Waals surface area contributed by atoms with Crippen molar-refractivity contribution in [3.63, 3.8) is 0 Å². The second-order valence-electron chi connectivity index (χ2n) is 5.01. The zero-order chi connectivity index (χ0) is 14.7. The number of methoxy groups -OCH3 is 1. The average Bonchev–Trinajstić information content (AvgIpc) is 2.87. The molecule has 0 bridgehead atoms. The molecule has 108 valence electrons. The van der Waals surface area contributed by atoms with E-state index in [9.17, 15) is 0 Å². The molecule has 1 N–H and O–H groups in total. The van der Waals surface area contributed by atoms with Crippen molar-refractivity contribution in [1.82, 2.24) is 19.9 Å². The number of nitrogens with zero attached hydrogens (tertiary/aromatic N) is 3. The third-order valence-corrected chi connectivity index (χ3v) is 3.28. The highest BCUT2D eigenvalue weighted by molar-refractivity contribution is 5.38. The predicted molar refractivity (Wildman–Crippen MR) is 81.3 cm³/mol. The van der Waals surface area contributed by atoms with Crippen LogP contribution >= 0.6 is 0 Å². The Hall–Kier alpha value is -2.40. The zero-order valence-electron chi connectivity index (χ0n) is 12.2. The predicted octanol–water partition coefficient (Wildman–Crippen LogP) is 2.34. The minimum atomic E-state index is 0.749. The molecule has 2 aromatic heterocycles. The summed E-state index contributed by atoms with van der Waals surface area (Å²) in [5.41, 5.74) is 4.15. The van der Waals surface area contributed by atoms with E-state index < -0.39 is 0 Å². The minimum Gasteiger partial charge on any atom is -0.497 e. The molecule has 0 aliphatic rings. The molecule has 1 aromatic carbocycles. The number of ether oxygens (including phenoxy) is 1. The molecule has 2 heterocycles. The highest BCUT2D eigenvalue weighted by Crippen LogP contribution is 2.12. The molecule has 0 radical (unpaired) electrons. The molecule has 0 fully saturated rings. The van der Waals surface area contributed by atoms with E-state index >= 15 is 0 Å². The van der Waals surface area contributed by atoms with Gasteiger partial charge in [-0.25, -0.2) is 9.50 Å². The van der Waals surface area contributed by atoms with Crippen molar-refractivity contribution in [2.24, 2.45) is 0 Å². The van der Waals surface area contributed by atoms with Crippen molar-refractivity contribution >= 4 is 5.65 Å². The smallest absolute Gasteiger partial charge is 0.155 e. The number of fused-ring (bicyclic) bond motifs is 1. The first-order valence-electron chi connectivity index (χ1n) is 6.89. The summed E-state index contributed by atoms with van der Waals surface area (Å²) in [6.45, 7) is 3.50. The lowest BCUT2D eigenvalue weighted by atomic mass is 10.2. The average molecular weight is 282 g/mol. The van der Waals surface area contributed by atoms with Gasteiger partial charge in [-0.1, -0.05) is 12.1 Å². The van der Waals surface area contributed by atoms with Crippen molar-refractivity contribution in [1.29, 1.82) is 0 Å². The molecular weight excluding hydrogens is 264 g/mol. The minimum absolute atomic E-state index is 0.749. The summed E-state index contributed by atoms with van der Waals surface area (Å²) in [5.74, 6) is 0.879. The van der Waals surface area contributed by atoms with Gasteiger partial charge < -0.3 is 10.1 Å². The van der Waals surface area contributed by atoms with E-state index in [1.807, 2.05) is 48.1 Å². The molecular formula is C16H18N4O. The second-order valence-corrected chi connectivity index (χ2v) is 5.01. The standard InChI is InChI=1S/C16H18N4O/c1-12-6-16-18-10-14(11-20(16)19-12)9-17-8-13-4-3-5-15(7-13)21-2/h3-7,10-11,17H,8-9H2,1-2H3. The number of hydrogen-bond acceptors (Lipinski definition) is 4. The lowest BCUT2D eigenvalue weighted by Gasteiger charge is -2.07. The summed E-state index contributed by atoms with van der Waals surface area (Å²) in [7, 11) is 1.68. The summed E-state index contributed by atoms with van der Waals surface area (Å²) >= 11 is 0. The maximum absolute atomic E-state index is 5.22. The quantitative estimate of drug-likeness (QED) is 0.780. The molecule has 0 atom stereocenters. The van der Waals surface area contributed by atoms with Gasteiger partial charge in [-0.15, -0.1) is 0 Å². The zero-order valence-corrected chi connectivity index (χ0v) is 12.2. The van der Waals surface area contributed by atoms with E-state index in [0.29, 0.717) is 0 Å². The molecule has 0 saturated carbocycles. The van der Waals surface area contributed by atoms with Crippen LogP contribution in [0.4, 0.5) is 0 Å². The van der Waals surface area contributed by atoms with Crippen molar-refractivity contribution in [3.05, 3.63) is 59.5 Å². The lowest BCUT2D eigenvalue weighted by Crippen LogP contribution is -2.13. The molecule has 0 aliphatic carbocycles. The van der Waals surface area contributed by atoms with Crippen LogP contribution in [0.5, 0.6) is 5.75 Å². The first-order valence-corrected chi connectivity index (χ1v) is 6.89. The molecule has 0 saturated heterocycles. The van der Waals surface area contributed by atoms with Crippen LogP contribution < -0.4 is 10.1 Å². The fraction of sp³-hybridized carbons (Fsp3) is 0.250. The van der Waals surface area contributed by atoms with Crippen LogP contribution in [-0.2, 0) is 13.1 Å². The number of rotatable bonds is 5. The maximum atomic E-state index is 5.22. The number of aryl methyl sites for hydroxylation is 1. The Labute approximate surface area is 123 Å². The van der Waals surface area contributed by atoms with Gasteiger partial charge in [0.2, 0.25) is 0 Å². The summed E-state index contributed by atoms with van der Waals surface area (Å²) in [6, 6.07) is 10.0. The summed E-state index contributed by atoms with van der Waals surface area (Å²) in [4.78, 5) is 4.40. The van der Waals surface area contributed by atoms with Crippen LogP contribution in [0.1, 0.15) is 16.8 Å². The van der Waals surface area contributed by atoms with Gasteiger partial charge in [0.1, 0.15) is 5.75 Å². The van der Waals surface area contributed by atoms with Gasteiger partial charge in [-0.05, 0) is 24.6 Å². The summed E-state index contributed by atoms with van der Waals surface area (Å²) in [6.07, 6.45) is 3.89. The highest BCUT2D eigenvalue weighted by Gasteiger charge is 2.01. The largest absolute Gasteiger partial charge is 0.497 e. The van der Waals surface area contributed by atoms with Gasteiger partial charge in [0.05, 0.1) is 12.8 Å². The van der Waals surface area contributed by atoms with E-state index in [1.54, 1.807) is 7.11 Å². The Kier molecular flexibility index (Phi) is 3.83. The van der Waals surface area contributed by atoms with Gasteiger partial charge in [0, 0.05) is 37.1 Å². The number of aromatic nitrogens is 3. The molecule has 0 spiro atoms. The first kappa shape index (κ1) is 13.6. The highest BCUT2D eigenvalue weighted by atomic mass is 16.5. The number of hydrogen-bond donors (Lipinski definition) is 1. The summed E-state index contributed by atoms with van der Waals surface area (Å²) in [5, 5.41) is 7.78. The molecule has 0 aliphatic heterocycles. The van der Waals surface area contributed by atoms with Crippen LogP contribution in [0.2, 0.25) is 0 Å². The van der Waals surface area contributed by atoms with Gasteiger partial charge in [-0.2, -0.15) is 5.10 Å². The summed E-state index contributed by atoms with van der Waals surface area (Å²) < 4.78 is 7.04. The van der Waals surface area contributed by atoms with Gasteiger partial charge in [0.15, 0.2) is 5.65 Å². The maximum Gasteiger partial charge on any atom is 0.155 e. The van der Waals surface area contributed by atoms with E-state index in [4.69, 9.17) is 4.74 Å². The van der Waals surface area contributed by atoms with E-state index in [-0.39, 0.29) is 0 Å². The van der Waals surface area contributed by atoms with Gasteiger partial charge in [0.25, 0.3) is 0 Å². The lowest BCUT2D eigenvalue weighted by molar-refractivity contribution is 0.414. The van der Waals surface area contributed by atoms with Crippen molar-refractivity contribution < 1.29 is 4.74 Å². The van der Waals surface area contributed by atoms with Crippen LogP contribution in [-0.4, -0.2) is 21.7 Å². The van der Waals surface area contributed by atoms with E-state index in [0.717, 1.165) is 35.7 Å². The van der Waals surface area contributed by atoms with Gasteiger partial charge >= 0.3 is 0 Å². The fourth-order valence-electron chi connectivity index (χ4n) is 2.26. The fourth-order valence-corrected chi connectivity index (χ4v) is 2.26. The Balaban J connectivity index is 1.63. The van der Waals surface area contributed by atoms with Crippen molar-refractivity contribution in [2.75, 3.05) is 7.11 Å². The topological polar surface area (TPSA) is 51.5 Å². The Morgan fingerprint density at radius 3 is 2.90 bits per heavy atom. The number of nitrogens with one attached hydrogen (secondary N) is 1. The number of benzene rings is 1. The second kappa shape index (κ2) is 5.93. The van der Waals surface area contributed by atoms with E-state index in [2.05, 4.69) is 21.5 Å². The molecule has 5 nitrogen and oxygen atoms in total. The third kappa shape index (κ3) is 3.20. The molecule has 3 rings (SSSR count). The Morgan fingerprint density at radius 1 is 1.19 bits per heavy atom. The molecule has 5 heteroatoms. The van der Waals surface area contributed by atoms with Crippen molar-refractivity contribution in [3.8, 4) is 5.75 Å². The van der Waals surface area contributed by atoms with Gasteiger partial charge in [-0.3, -0.25) is 0 Å². The normalized spacial score (nSPS) is 11.0. The van der Waals surface area contributed by atoms with Crippen LogP contribution in [0.25, 0.3) is 5.65 Å². The molecule has 21 heavy (non-hydrogen) atoms. The first-order chi connectivity index (χ1) is 10.2. The molecule has 0 unspecified atom stereocenters. The van der Waals surface area contributed by atoms with E-state index in [1.165, 1.54) is 5.56 Å². The van der Waals surface area contributed by atoms with Crippen molar-refractivity contribution in [2.45, 2.75) is 20.0 Å². The SMILES string of the molecule is COc1cccc(CNCc2cnc3cc(C)nn3c2)c1. The van der Waals surface area contributed by atoms with Crippen LogP contribution in [0, 0.1) is 6.92 Å². The third-order valence-electron chi connectivity index (χ3n) is 3.28. The Bertz CT molecular complexity index is 751. The monoisotopic (exact) mass is 282 g/mol. The Morgan fingerprint density at radius 2 is 2.05 bits per heavy atom.